The number of rotatable bonds is 5. The summed E-state index contributed by atoms with van der Waals surface area (Å²) in [6.07, 6.45) is 3.38. The lowest BCUT2D eigenvalue weighted by Crippen LogP contribution is -2.14. The Morgan fingerprint density at radius 1 is 0.929 bits per heavy atom. The van der Waals surface area contributed by atoms with Crippen LogP contribution in [0.1, 0.15) is 21.6 Å². The Kier molecular flexibility index (Phi) is 4.97. The monoisotopic (exact) mass is 368 g/mol. The van der Waals surface area contributed by atoms with Crippen LogP contribution in [0.25, 0.3) is 10.9 Å². The third-order valence-electron chi connectivity index (χ3n) is 4.49. The van der Waals surface area contributed by atoms with Crippen LogP contribution in [-0.4, -0.2) is 15.9 Å². The number of aromatic nitrogens is 2. The van der Waals surface area contributed by atoms with Crippen molar-refractivity contribution in [1.82, 2.24) is 9.97 Å². The minimum atomic E-state index is -0.261. The molecule has 138 valence electrons. The van der Waals surface area contributed by atoms with Crippen LogP contribution >= 0.6 is 0 Å². The number of hydrogen-bond donors (Lipinski definition) is 2. The van der Waals surface area contributed by atoms with Crippen molar-refractivity contribution in [2.75, 3.05) is 10.6 Å². The maximum atomic E-state index is 12.6. The molecule has 0 atom stereocenters. The Morgan fingerprint density at radius 2 is 1.75 bits per heavy atom. The van der Waals surface area contributed by atoms with Crippen molar-refractivity contribution in [3.05, 3.63) is 95.9 Å². The van der Waals surface area contributed by atoms with E-state index in [-0.39, 0.29) is 5.91 Å². The molecule has 1 amide bonds. The number of para-hydroxylation sites is 1. The van der Waals surface area contributed by atoms with Crippen LogP contribution in [0.4, 0.5) is 11.4 Å². The first-order valence-corrected chi connectivity index (χ1v) is 9.09. The van der Waals surface area contributed by atoms with Crippen LogP contribution in [0.5, 0.6) is 0 Å². The van der Waals surface area contributed by atoms with Gasteiger partial charge < -0.3 is 10.6 Å². The molecule has 0 spiro atoms. The Hall–Kier alpha value is -3.73. The molecule has 0 aliphatic rings. The minimum absolute atomic E-state index is 0.261. The summed E-state index contributed by atoms with van der Waals surface area (Å²) in [6.45, 7) is 2.77. The normalized spacial score (nSPS) is 10.6. The van der Waals surface area contributed by atoms with Gasteiger partial charge in [0.15, 0.2) is 0 Å². The summed E-state index contributed by atoms with van der Waals surface area (Å²) >= 11 is 0. The zero-order chi connectivity index (χ0) is 19.3. The first-order chi connectivity index (χ1) is 13.7. The number of nitrogens with zero attached hydrogens (tertiary/aromatic N) is 2. The number of benzene rings is 2. The van der Waals surface area contributed by atoms with E-state index >= 15 is 0 Å². The molecule has 2 N–H and O–H groups in total. The van der Waals surface area contributed by atoms with Crippen LogP contribution in [0.3, 0.4) is 0 Å². The van der Waals surface area contributed by atoms with Crippen molar-refractivity contribution in [3.63, 3.8) is 0 Å². The smallest absolute Gasteiger partial charge is 0.274 e. The SMILES string of the molecule is Cc1ccc(CNc2ccc(C(=O)Nc3cccc4cccnc34)nc2)cc1. The zero-order valence-corrected chi connectivity index (χ0v) is 15.5. The van der Waals surface area contributed by atoms with Gasteiger partial charge in [-0.05, 0) is 36.8 Å². The molecule has 5 heteroatoms. The van der Waals surface area contributed by atoms with Crippen molar-refractivity contribution < 1.29 is 4.79 Å². The molecule has 0 fully saturated rings. The molecule has 5 nitrogen and oxygen atoms in total. The molecule has 28 heavy (non-hydrogen) atoms. The first-order valence-electron chi connectivity index (χ1n) is 9.09. The molecular formula is C23H20N4O. The highest BCUT2D eigenvalue weighted by Gasteiger charge is 2.10. The fraction of sp³-hybridized carbons (Fsp3) is 0.0870. The van der Waals surface area contributed by atoms with Crippen LogP contribution in [-0.2, 0) is 6.54 Å². The number of pyridine rings is 2. The highest BCUT2D eigenvalue weighted by molar-refractivity contribution is 6.07. The Morgan fingerprint density at radius 3 is 2.54 bits per heavy atom. The highest BCUT2D eigenvalue weighted by atomic mass is 16.1. The third-order valence-corrected chi connectivity index (χ3v) is 4.49. The van der Waals surface area contributed by atoms with Crippen LogP contribution in [0.2, 0.25) is 0 Å². The maximum Gasteiger partial charge on any atom is 0.274 e. The van der Waals surface area contributed by atoms with Gasteiger partial charge in [0.05, 0.1) is 23.1 Å². The molecule has 2 heterocycles. The van der Waals surface area contributed by atoms with Crippen molar-refractivity contribution in [3.8, 4) is 0 Å². The van der Waals surface area contributed by atoms with Crippen LogP contribution < -0.4 is 10.6 Å². The molecule has 2 aromatic carbocycles. The minimum Gasteiger partial charge on any atom is -0.380 e. The highest BCUT2D eigenvalue weighted by Crippen LogP contribution is 2.21. The molecule has 0 aliphatic carbocycles. The summed E-state index contributed by atoms with van der Waals surface area (Å²) in [4.78, 5) is 21.2. The fourth-order valence-corrected chi connectivity index (χ4v) is 2.93. The van der Waals surface area contributed by atoms with E-state index in [1.165, 1.54) is 11.1 Å². The van der Waals surface area contributed by atoms with E-state index in [4.69, 9.17) is 0 Å². The van der Waals surface area contributed by atoms with E-state index in [0.29, 0.717) is 17.9 Å². The van der Waals surface area contributed by atoms with Gasteiger partial charge in [-0.1, -0.05) is 48.0 Å². The van der Waals surface area contributed by atoms with Crippen molar-refractivity contribution in [2.45, 2.75) is 13.5 Å². The zero-order valence-electron chi connectivity index (χ0n) is 15.5. The second-order valence-corrected chi connectivity index (χ2v) is 6.61. The summed E-state index contributed by atoms with van der Waals surface area (Å²) in [7, 11) is 0. The van der Waals surface area contributed by atoms with Gasteiger partial charge in [-0.3, -0.25) is 9.78 Å². The fourth-order valence-electron chi connectivity index (χ4n) is 2.93. The number of aryl methyl sites for hydroxylation is 1. The van der Waals surface area contributed by atoms with Gasteiger partial charge >= 0.3 is 0 Å². The molecule has 4 rings (SSSR count). The average Bonchev–Trinajstić information content (AvgIpc) is 2.74. The summed E-state index contributed by atoms with van der Waals surface area (Å²) < 4.78 is 0. The molecule has 0 saturated carbocycles. The van der Waals surface area contributed by atoms with Crippen molar-refractivity contribution in [2.24, 2.45) is 0 Å². The number of carbonyl (C=O) groups is 1. The Balaban J connectivity index is 1.43. The molecule has 2 aromatic heterocycles. The predicted octanol–water partition coefficient (Wildman–Crippen LogP) is 4.80. The molecule has 0 bridgehead atoms. The van der Waals surface area contributed by atoms with E-state index in [1.54, 1.807) is 18.5 Å². The largest absolute Gasteiger partial charge is 0.380 e. The van der Waals surface area contributed by atoms with Gasteiger partial charge in [-0.15, -0.1) is 0 Å². The van der Waals surface area contributed by atoms with Gasteiger partial charge in [0.2, 0.25) is 0 Å². The number of carbonyl (C=O) groups excluding carboxylic acids is 1. The summed E-state index contributed by atoms with van der Waals surface area (Å²) in [5, 5.41) is 7.19. The second kappa shape index (κ2) is 7.88. The van der Waals surface area contributed by atoms with Gasteiger partial charge in [0.25, 0.3) is 5.91 Å². The first kappa shape index (κ1) is 17.7. The number of nitrogens with one attached hydrogen (secondary N) is 2. The summed E-state index contributed by atoms with van der Waals surface area (Å²) in [5.74, 6) is -0.261. The van der Waals surface area contributed by atoms with Crippen molar-refractivity contribution >= 4 is 28.2 Å². The molecular weight excluding hydrogens is 348 g/mol. The van der Waals surface area contributed by atoms with Crippen LogP contribution in [0, 0.1) is 6.92 Å². The number of amides is 1. The van der Waals surface area contributed by atoms with Gasteiger partial charge in [0.1, 0.15) is 5.69 Å². The number of hydrogen-bond acceptors (Lipinski definition) is 4. The molecule has 0 saturated heterocycles. The Labute approximate surface area is 163 Å². The van der Waals surface area contributed by atoms with E-state index in [0.717, 1.165) is 16.6 Å². The average molecular weight is 368 g/mol. The quantitative estimate of drug-likeness (QED) is 0.531. The summed E-state index contributed by atoms with van der Waals surface area (Å²) in [5.41, 5.74) is 5.08. The van der Waals surface area contributed by atoms with Gasteiger partial charge in [-0.2, -0.15) is 0 Å². The topological polar surface area (TPSA) is 66.9 Å². The summed E-state index contributed by atoms with van der Waals surface area (Å²) in [6, 6.07) is 21.5. The molecule has 0 radical (unpaired) electrons. The lowest BCUT2D eigenvalue weighted by atomic mass is 10.1. The number of anilines is 2. The third kappa shape index (κ3) is 3.99. The Bertz CT molecular complexity index is 1100. The molecule has 0 unspecified atom stereocenters. The molecule has 0 aliphatic heterocycles. The van der Waals surface area contributed by atoms with Crippen LogP contribution in [0.15, 0.2) is 79.1 Å². The second-order valence-electron chi connectivity index (χ2n) is 6.61. The molecule has 4 aromatic rings. The maximum absolute atomic E-state index is 12.6. The van der Waals surface area contributed by atoms with E-state index < -0.39 is 0 Å². The van der Waals surface area contributed by atoms with Gasteiger partial charge in [0, 0.05) is 18.1 Å². The van der Waals surface area contributed by atoms with E-state index in [1.807, 2.05) is 36.4 Å². The van der Waals surface area contributed by atoms with E-state index in [9.17, 15) is 4.79 Å². The van der Waals surface area contributed by atoms with E-state index in [2.05, 4.69) is 51.8 Å². The lowest BCUT2D eigenvalue weighted by molar-refractivity contribution is 0.102. The lowest BCUT2D eigenvalue weighted by Gasteiger charge is -2.09. The standard InChI is InChI=1S/C23H20N4O/c1-16-7-9-17(10-8-16)14-25-19-11-12-21(26-15-19)23(28)27-20-6-2-4-18-5-3-13-24-22(18)20/h2-13,15,25H,14H2,1H3,(H,27,28). The van der Waals surface area contributed by atoms with Gasteiger partial charge in [-0.25, -0.2) is 4.98 Å². The predicted molar refractivity (Wildman–Crippen MR) is 112 cm³/mol. The van der Waals surface area contributed by atoms with Crippen molar-refractivity contribution in [1.29, 1.82) is 0 Å². The number of fused-ring (bicyclic) bond motifs is 1.